The summed E-state index contributed by atoms with van der Waals surface area (Å²) in [5.74, 6) is 4.78. The van der Waals surface area contributed by atoms with E-state index in [-0.39, 0.29) is 19.3 Å². The smallest absolute Gasteiger partial charge is 0.217 e. The second-order valence-corrected chi connectivity index (χ2v) is 18.2. The van der Waals surface area contributed by atoms with Gasteiger partial charge in [0.15, 0.2) is 6.29 Å². The first kappa shape index (κ1) is 44.0. The highest BCUT2D eigenvalue weighted by Crippen LogP contribution is 2.67. The van der Waals surface area contributed by atoms with E-state index in [9.17, 15) is 20.1 Å². The van der Waals surface area contributed by atoms with Gasteiger partial charge in [0.05, 0.1) is 65.6 Å². The summed E-state index contributed by atoms with van der Waals surface area (Å²) < 4.78 is 34.5. The third-order valence-corrected chi connectivity index (χ3v) is 14.3. The maximum Gasteiger partial charge on any atom is 0.217 e. The number of ether oxygens (including phenoxy) is 6. The molecule has 5 aliphatic rings. The molecule has 5 rings (SSSR count). The first-order valence-corrected chi connectivity index (χ1v) is 21.4. The second kappa shape index (κ2) is 20.5. The van der Waals surface area contributed by atoms with Crippen molar-refractivity contribution in [1.82, 2.24) is 5.32 Å². The average Bonchev–Trinajstić information content (AvgIpc) is 3.50. The predicted octanol–water partition coefficient (Wildman–Crippen LogP) is 5.42. The summed E-state index contributed by atoms with van der Waals surface area (Å²) >= 11 is 0. The van der Waals surface area contributed by atoms with Gasteiger partial charge in [-0.15, -0.1) is 0 Å². The largest absolute Gasteiger partial charge is 0.394 e. The quantitative estimate of drug-likeness (QED) is 0.0883. The van der Waals surface area contributed by atoms with Crippen LogP contribution in [0.3, 0.4) is 0 Å². The van der Waals surface area contributed by atoms with Gasteiger partial charge in [0.1, 0.15) is 24.4 Å². The van der Waals surface area contributed by atoms with Gasteiger partial charge < -0.3 is 49.1 Å². The lowest BCUT2D eigenvalue weighted by Crippen LogP contribution is -2.64. The zero-order valence-corrected chi connectivity index (χ0v) is 34.3. The van der Waals surface area contributed by atoms with Crippen LogP contribution in [0, 0.1) is 46.3 Å². The number of carbonyl (C=O) groups excluding carboxylic acids is 1. The van der Waals surface area contributed by atoms with Crippen molar-refractivity contribution < 1.29 is 48.5 Å². The van der Waals surface area contributed by atoms with Crippen LogP contribution in [0.2, 0.25) is 0 Å². The second-order valence-electron chi connectivity index (χ2n) is 18.2. The minimum atomic E-state index is -1.35. The molecule has 1 aliphatic heterocycles. The van der Waals surface area contributed by atoms with E-state index in [1.54, 1.807) is 5.57 Å². The number of carbonyl (C=O) groups is 1. The minimum Gasteiger partial charge on any atom is -0.394 e. The molecule has 1 unspecified atom stereocenters. The number of aliphatic hydroxyl groups is 3. The highest BCUT2D eigenvalue weighted by molar-refractivity contribution is 5.73. The van der Waals surface area contributed by atoms with Crippen LogP contribution in [-0.4, -0.2) is 117 Å². The summed E-state index contributed by atoms with van der Waals surface area (Å²) in [6.07, 6.45) is 12.8. The number of allylic oxidation sites excluding steroid dienone is 1. The van der Waals surface area contributed by atoms with Crippen LogP contribution in [0.5, 0.6) is 0 Å². The van der Waals surface area contributed by atoms with Crippen molar-refractivity contribution in [2.75, 3.05) is 59.5 Å². The lowest BCUT2D eigenvalue weighted by atomic mass is 9.47. The van der Waals surface area contributed by atoms with Crippen LogP contribution in [-0.2, 0) is 33.2 Å². The van der Waals surface area contributed by atoms with E-state index < -0.39 is 43.2 Å². The number of hydrogen-bond donors (Lipinski definition) is 4. The molecular formula is C43H75NO10. The van der Waals surface area contributed by atoms with Crippen molar-refractivity contribution in [3.63, 3.8) is 0 Å². The number of hydrogen-bond acceptors (Lipinski definition) is 10. The molecular weight excluding hydrogens is 690 g/mol. The van der Waals surface area contributed by atoms with Gasteiger partial charge in [-0.3, -0.25) is 4.79 Å². The Morgan fingerprint density at radius 1 is 0.870 bits per heavy atom. The van der Waals surface area contributed by atoms with Crippen molar-refractivity contribution in [2.24, 2.45) is 46.3 Å². The molecule has 1 amide bonds. The van der Waals surface area contributed by atoms with E-state index in [0.717, 1.165) is 48.3 Å². The van der Waals surface area contributed by atoms with E-state index in [4.69, 9.17) is 28.4 Å². The topological polar surface area (TPSA) is 145 Å². The number of fused-ring (bicyclic) bond motifs is 5. The molecule has 312 valence electrons. The molecule has 54 heavy (non-hydrogen) atoms. The van der Waals surface area contributed by atoms with Gasteiger partial charge in [0, 0.05) is 6.92 Å². The minimum absolute atomic E-state index is 0.127. The lowest BCUT2D eigenvalue weighted by Gasteiger charge is -2.58. The number of nitrogens with one attached hydrogen (secondary N) is 1. The van der Waals surface area contributed by atoms with Crippen molar-refractivity contribution in [3.05, 3.63) is 11.6 Å². The van der Waals surface area contributed by atoms with Gasteiger partial charge in [-0.1, -0.05) is 65.5 Å². The number of amides is 1. The highest BCUT2D eigenvalue weighted by Gasteiger charge is 2.59. The molecule has 1 saturated heterocycles. The van der Waals surface area contributed by atoms with Crippen LogP contribution >= 0.6 is 0 Å². The molecule has 0 aromatic heterocycles. The van der Waals surface area contributed by atoms with E-state index in [2.05, 4.69) is 46.0 Å². The first-order valence-electron chi connectivity index (χ1n) is 21.4. The van der Waals surface area contributed by atoms with Crippen LogP contribution in [0.1, 0.15) is 112 Å². The number of rotatable bonds is 21. The molecule has 4 aliphatic carbocycles. The molecule has 13 atom stereocenters. The summed E-state index contributed by atoms with van der Waals surface area (Å²) in [7, 11) is 0. The SMILES string of the molecule is CC(=O)N[C@H]1[C@H](OCCOCCOCCOCCOC2CC[C@@]3(C)C(=CC[C@H]4[C@@H]5CC[C@H]([C@H](C)CCCC(C)C)[C@@]5(C)CC[C@@H]43)C2)O[C@H](CO)[C@@H](O)[C@@H]1O. The van der Waals surface area contributed by atoms with Gasteiger partial charge in [-0.2, -0.15) is 0 Å². The summed E-state index contributed by atoms with van der Waals surface area (Å²) in [5.41, 5.74) is 2.55. The maximum atomic E-state index is 11.5. The van der Waals surface area contributed by atoms with E-state index in [1.807, 2.05) is 0 Å². The fourth-order valence-corrected chi connectivity index (χ4v) is 11.4. The Balaban J connectivity index is 0.916. The summed E-state index contributed by atoms with van der Waals surface area (Å²) in [5, 5.41) is 32.4. The lowest BCUT2D eigenvalue weighted by molar-refractivity contribution is -0.272. The molecule has 0 bridgehead atoms. The van der Waals surface area contributed by atoms with Crippen LogP contribution in [0.15, 0.2) is 11.6 Å². The van der Waals surface area contributed by atoms with Gasteiger partial charge in [-0.25, -0.2) is 0 Å². The van der Waals surface area contributed by atoms with Crippen molar-refractivity contribution in [2.45, 2.75) is 149 Å². The predicted molar refractivity (Wildman–Crippen MR) is 207 cm³/mol. The van der Waals surface area contributed by atoms with Crippen molar-refractivity contribution in [1.29, 1.82) is 0 Å². The molecule has 0 aromatic carbocycles. The van der Waals surface area contributed by atoms with Crippen molar-refractivity contribution >= 4 is 5.91 Å². The molecule has 0 aromatic rings. The van der Waals surface area contributed by atoms with E-state index >= 15 is 0 Å². The van der Waals surface area contributed by atoms with Gasteiger partial charge in [0.2, 0.25) is 5.91 Å². The van der Waals surface area contributed by atoms with Gasteiger partial charge >= 0.3 is 0 Å². The molecule has 1 heterocycles. The Kier molecular flexibility index (Phi) is 16.7. The zero-order valence-electron chi connectivity index (χ0n) is 34.3. The third-order valence-electron chi connectivity index (χ3n) is 14.3. The Bertz CT molecular complexity index is 1180. The Morgan fingerprint density at radius 2 is 1.54 bits per heavy atom. The maximum absolute atomic E-state index is 11.5. The molecule has 0 radical (unpaired) electrons. The molecule has 4 fully saturated rings. The highest BCUT2D eigenvalue weighted by atomic mass is 16.7. The fourth-order valence-electron chi connectivity index (χ4n) is 11.4. The summed E-state index contributed by atoms with van der Waals surface area (Å²) in [4.78, 5) is 11.5. The Labute approximate surface area is 325 Å². The third kappa shape index (κ3) is 10.7. The monoisotopic (exact) mass is 766 g/mol. The number of aliphatic hydroxyl groups excluding tert-OH is 3. The molecule has 11 nitrogen and oxygen atoms in total. The Hall–Kier alpha value is -1.15. The normalized spacial score (nSPS) is 38.4. The molecule has 0 spiro atoms. The molecule has 3 saturated carbocycles. The van der Waals surface area contributed by atoms with Crippen LogP contribution < -0.4 is 5.32 Å². The zero-order chi connectivity index (χ0) is 38.9. The Morgan fingerprint density at radius 3 is 2.19 bits per heavy atom. The van der Waals surface area contributed by atoms with E-state index in [0.29, 0.717) is 50.5 Å². The molecule has 4 N–H and O–H groups in total. The average molecular weight is 766 g/mol. The van der Waals surface area contributed by atoms with Gasteiger partial charge in [0.25, 0.3) is 0 Å². The summed E-state index contributed by atoms with van der Waals surface area (Å²) in [6.45, 7) is 16.6. The van der Waals surface area contributed by atoms with Crippen LogP contribution in [0.25, 0.3) is 0 Å². The first-order chi connectivity index (χ1) is 25.9. The van der Waals surface area contributed by atoms with E-state index in [1.165, 1.54) is 64.7 Å². The summed E-state index contributed by atoms with van der Waals surface area (Å²) in [6, 6.07) is -0.971. The van der Waals surface area contributed by atoms with Crippen molar-refractivity contribution in [3.8, 4) is 0 Å². The standard InChI is InChI=1S/C43H75NO10/c1-28(2)8-7-9-29(3)34-12-13-35-33-11-10-31-26-32(14-16-42(31,5)36(33)15-17-43(34,35)6)52-24-22-50-20-18-49-19-21-51-23-25-53-41-38(44-30(4)46)40(48)39(47)37(27-45)54-41/h10,28-29,32-41,45,47-48H,7-9,11-27H2,1-6H3,(H,44,46)/t29-,32?,33+,34-,35+,36+,37-,38-,39-,40-,41-,42+,43-/m1/s1. The molecule has 11 heteroatoms. The van der Waals surface area contributed by atoms with Gasteiger partial charge in [-0.05, 0) is 97.7 Å². The van der Waals surface area contributed by atoms with Crippen LogP contribution in [0.4, 0.5) is 0 Å². The fraction of sp³-hybridized carbons (Fsp3) is 0.930.